The predicted molar refractivity (Wildman–Crippen MR) is 156 cm³/mol. The van der Waals surface area contributed by atoms with E-state index in [2.05, 4.69) is 22.8 Å². The topological polar surface area (TPSA) is 323 Å². The van der Waals surface area contributed by atoms with E-state index in [-0.39, 0.29) is 0 Å². The fourth-order valence-corrected chi connectivity index (χ4v) is 4.39. The van der Waals surface area contributed by atoms with Crippen LogP contribution in [0, 0.1) is 60.7 Å². The van der Waals surface area contributed by atoms with Gasteiger partial charge in [-0.3, -0.25) is 60.7 Å². The number of nitro groups is 6. The summed E-state index contributed by atoms with van der Waals surface area (Å²) in [6, 6.07) is 6.47. The quantitative estimate of drug-likeness (QED) is 0.209. The van der Waals surface area contributed by atoms with E-state index in [4.69, 9.17) is 10.2 Å². The average molecular weight is 646 g/mol. The number of fused-ring (bicyclic) bond motifs is 2. The van der Waals surface area contributed by atoms with Crippen LogP contribution in [0.15, 0.2) is 36.4 Å². The second-order valence-electron chi connectivity index (χ2n) is 9.44. The molecule has 0 unspecified atom stereocenters. The zero-order valence-electron chi connectivity index (χ0n) is 23.2. The molecule has 2 aliphatic rings. The Bertz CT molecular complexity index is 1530. The number of benzene rings is 3. The van der Waals surface area contributed by atoms with Gasteiger partial charge in [0.15, 0.2) is 0 Å². The molecular formula is C24H22N8O14. The van der Waals surface area contributed by atoms with Crippen molar-refractivity contribution in [1.29, 1.82) is 0 Å². The molecule has 2 heterocycles. The number of aromatic hydroxyl groups is 2. The zero-order valence-corrected chi connectivity index (χ0v) is 23.2. The van der Waals surface area contributed by atoms with E-state index in [0.717, 1.165) is 13.1 Å². The van der Waals surface area contributed by atoms with Crippen LogP contribution >= 0.6 is 0 Å². The van der Waals surface area contributed by atoms with E-state index in [9.17, 15) is 60.7 Å². The highest BCUT2D eigenvalue weighted by Gasteiger charge is 2.31. The minimum Gasteiger partial charge on any atom is -0.497 e. The Labute approximate surface area is 254 Å². The second kappa shape index (κ2) is 14.2. The van der Waals surface area contributed by atoms with Crippen molar-refractivity contribution in [3.63, 3.8) is 0 Å². The summed E-state index contributed by atoms with van der Waals surface area (Å²) in [5.74, 6) is -2.42. The number of rotatable bonds is 6. The van der Waals surface area contributed by atoms with Crippen molar-refractivity contribution in [3.05, 3.63) is 108 Å². The molecule has 0 fully saturated rings. The van der Waals surface area contributed by atoms with Gasteiger partial charge in [-0.1, -0.05) is 6.07 Å². The molecule has 3 aromatic rings. The van der Waals surface area contributed by atoms with Crippen LogP contribution in [0.1, 0.15) is 24.0 Å². The molecule has 22 heteroatoms. The number of phenolic OH excluding ortho intramolecular Hbond substituents is 2. The maximum absolute atomic E-state index is 10.4. The monoisotopic (exact) mass is 646 g/mol. The van der Waals surface area contributed by atoms with Gasteiger partial charge < -0.3 is 20.8 Å². The number of hydrogen-bond donors (Lipinski definition) is 4. The first-order valence-corrected chi connectivity index (χ1v) is 12.9. The van der Waals surface area contributed by atoms with Gasteiger partial charge in [0.2, 0.25) is 0 Å². The molecule has 0 saturated carbocycles. The SMILES string of the molecule is O=[N+]([O-])c1cc([N+](=O)[O-])c(O)c([N+](=O)[O-])c1.O=[N+]([O-])c1cc([N+](=O)[O-])c(O)c([N+](=O)[O-])c1.c1c2c(cc3c1CCCN3)NCCC2. The number of nitrogens with one attached hydrogen (secondary N) is 2. The van der Waals surface area contributed by atoms with E-state index in [1.165, 1.54) is 48.2 Å². The first kappa shape index (κ1) is 33.8. The maximum atomic E-state index is 10.4. The van der Waals surface area contributed by atoms with Gasteiger partial charge in [-0.25, -0.2) is 0 Å². The number of anilines is 2. The summed E-state index contributed by atoms with van der Waals surface area (Å²) >= 11 is 0. The predicted octanol–water partition coefficient (Wildman–Crippen LogP) is 4.64. The van der Waals surface area contributed by atoms with Crippen LogP contribution in [0.3, 0.4) is 0 Å². The minimum atomic E-state index is -1.21. The van der Waals surface area contributed by atoms with Crippen LogP contribution in [-0.2, 0) is 12.8 Å². The lowest BCUT2D eigenvalue weighted by Gasteiger charge is -2.24. The molecule has 46 heavy (non-hydrogen) atoms. The van der Waals surface area contributed by atoms with Crippen LogP contribution in [0.2, 0.25) is 0 Å². The van der Waals surface area contributed by atoms with Crippen LogP contribution in [0.25, 0.3) is 0 Å². The normalized spacial score (nSPS) is 12.5. The number of phenols is 2. The van der Waals surface area contributed by atoms with Crippen LogP contribution in [-0.4, -0.2) is 52.8 Å². The summed E-state index contributed by atoms with van der Waals surface area (Å²) in [5.41, 5.74) is -0.276. The van der Waals surface area contributed by atoms with E-state index in [1.54, 1.807) is 0 Å². The molecule has 3 aromatic carbocycles. The molecule has 2 aliphatic heterocycles. The van der Waals surface area contributed by atoms with Crippen molar-refractivity contribution in [2.24, 2.45) is 0 Å². The minimum absolute atomic E-state index is 0.447. The van der Waals surface area contributed by atoms with Crippen molar-refractivity contribution in [3.8, 4) is 11.5 Å². The zero-order chi connectivity index (χ0) is 34.3. The van der Waals surface area contributed by atoms with E-state index >= 15 is 0 Å². The largest absolute Gasteiger partial charge is 0.497 e. The first-order valence-electron chi connectivity index (χ1n) is 12.9. The van der Waals surface area contributed by atoms with Gasteiger partial charge >= 0.3 is 22.7 Å². The lowest BCUT2D eigenvalue weighted by Crippen LogP contribution is -2.16. The Hall–Kier alpha value is -6.74. The van der Waals surface area contributed by atoms with Gasteiger partial charge in [0.25, 0.3) is 22.9 Å². The lowest BCUT2D eigenvalue weighted by molar-refractivity contribution is -0.404. The molecule has 0 atom stereocenters. The van der Waals surface area contributed by atoms with Crippen molar-refractivity contribution in [1.82, 2.24) is 0 Å². The Kier molecular flexibility index (Phi) is 10.4. The molecule has 0 amide bonds. The number of nitro benzene ring substituents is 6. The number of nitrogens with zero attached hydrogens (tertiary/aromatic N) is 6. The summed E-state index contributed by atoms with van der Waals surface area (Å²) in [5, 5.41) is 87.4. The fourth-order valence-electron chi connectivity index (χ4n) is 4.39. The fraction of sp³-hybridized carbons (Fsp3) is 0.250. The molecule has 22 nitrogen and oxygen atoms in total. The van der Waals surface area contributed by atoms with Crippen molar-refractivity contribution in [2.45, 2.75) is 25.7 Å². The van der Waals surface area contributed by atoms with Gasteiger partial charge in [0.05, 0.1) is 53.8 Å². The smallest absolute Gasteiger partial charge is 0.324 e. The van der Waals surface area contributed by atoms with Gasteiger partial charge in [-0.15, -0.1) is 0 Å². The highest BCUT2D eigenvalue weighted by atomic mass is 16.7. The summed E-state index contributed by atoms with van der Waals surface area (Å²) in [6.07, 6.45) is 5.05. The summed E-state index contributed by atoms with van der Waals surface area (Å²) in [7, 11) is 0. The standard InChI is InChI=1S/C12H16N2.2C6H3N3O7/c1-3-9-7-10-4-2-6-14-12(10)8-11(9)13-5-1;2*10-6-4(8(13)14)1-3(7(11)12)2-5(6)9(15)16/h7-8,13-14H,1-6H2;2*1-2,10H. The highest BCUT2D eigenvalue weighted by molar-refractivity contribution is 5.67. The Balaban J connectivity index is 0.000000188. The van der Waals surface area contributed by atoms with Crippen LogP contribution in [0.4, 0.5) is 45.5 Å². The molecule has 0 aliphatic carbocycles. The van der Waals surface area contributed by atoms with Gasteiger partial charge in [-0.2, -0.15) is 0 Å². The molecule has 0 radical (unpaired) electrons. The van der Waals surface area contributed by atoms with Gasteiger partial charge in [0, 0.05) is 24.5 Å². The highest BCUT2D eigenvalue weighted by Crippen LogP contribution is 2.40. The van der Waals surface area contributed by atoms with Gasteiger partial charge in [-0.05, 0) is 42.9 Å². The molecule has 0 bridgehead atoms. The third-order valence-corrected chi connectivity index (χ3v) is 6.52. The third kappa shape index (κ3) is 7.80. The Morgan fingerprint density at radius 3 is 1.04 bits per heavy atom. The number of hydrogen-bond acceptors (Lipinski definition) is 16. The maximum Gasteiger partial charge on any atom is 0.324 e. The Morgan fingerprint density at radius 2 is 0.783 bits per heavy atom. The summed E-state index contributed by atoms with van der Waals surface area (Å²) in [4.78, 5) is 55.5. The molecule has 0 aromatic heterocycles. The van der Waals surface area contributed by atoms with E-state index in [1.807, 2.05) is 0 Å². The number of aryl methyl sites for hydroxylation is 2. The summed E-state index contributed by atoms with van der Waals surface area (Å²) in [6.45, 7) is 2.26. The van der Waals surface area contributed by atoms with Crippen LogP contribution in [0.5, 0.6) is 11.5 Å². The van der Waals surface area contributed by atoms with E-state index in [0.29, 0.717) is 24.3 Å². The van der Waals surface area contributed by atoms with Gasteiger partial charge in [0.1, 0.15) is 0 Å². The molecule has 0 spiro atoms. The lowest BCUT2D eigenvalue weighted by atomic mass is 9.95. The number of non-ortho nitro benzene ring substituents is 2. The van der Waals surface area contributed by atoms with E-state index < -0.39 is 75.2 Å². The molecule has 4 N–H and O–H groups in total. The Morgan fingerprint density at radius 1 is 0.478 bits per heavy atom. The first-order chi connectivity index (χ1) is 21.6. The second-order valence-corrected chi connectivity index (χ2v) is 9.44. The van der Waals surface area contributed by atoms with Crippen LogP contribution < -0.4 is 10.6 Å². The molecule has 0 saturated heterocycles. The van der Waals surface area contributed by atoms with Crippen molar-refractivity contribution in [2.75, 3.05) is 23.7 Å². The van der Waals surface area contributed by atoms with Crippen molar-refractivity contribution < 1.29 is 39.8 Å². The third-order valence-electron chi connectivity index (χ3n) is 6.52. The summed E-state index contributed by atoms with van der Waals surface area (Å²) < 4.78 is 0. The average Bonchev–Trinajstić information content (AvgIpc) is 3.00. The molecule has 5 rings (SSSR count). The molecule has 242 valence electrons. The van der Waals surface area contributed by atoms with Crippen molar-refractivity contribution >= 4 is 45.5 Å². The molecular weight excluding hydrogens is 624 g/mol.